The number of piperazine rings is 1. The quantitative estimate of drug-likeness (QED) is 0.616. The molecule has 3 aromatic rings. The first-order chi connectivity index (χ1) is 16.6. The number of carbonyl (C=O) groups is 1. The van der Waals surface area contributed by atoms with E-state index in [1.165, 1.54) is 0 Å². The lowest BCUT2D eigenvalue weighted by molar-refractivity contribution is 0.127. The average molecular weight is 464 g/mol. The van der Waals surface area contributed by atoms with E-state index < -0.39 is 6.09 Å². The third kappa shape index (κ3) is 3.91. The molecule has 2 aliphatic heterocycles. The number of hydrogen-bond donors (Lipinski definition) is 1. The molecule has 1 aliphatic carbocycles. The lowest BCUT2D eigenvalue weighted by atomic mass is 9.95. The van der Waals surface area contributed by atoms with Gasteiger partial charge >= 0.3 is 6.09 Å². The summed E-state index contributed by atoms with van der Waals surface area (Å²) in [5.74, 6) is 1.87. The number of amides is 1. The predicted molar refractivity (Wildman–Crippen MR) is 126 cm³/mol. The summed E-state index contributed by atoms with van der Waals surface area (Å²) in [4.78, 5) is 27.4. The van der Waals surface area contributed by atoms with Crippen molar-refractivity contribution in [3.05, 3.63) is 36.8 Å². The van der Waals surface area contributed by atoms with Crippen LogP contribution in [-0.2, 0) is 0 Å². The predicted octanol–water partition coefficient (Wildman–Crippen LogP) is 2.45. The number of likely N-dealkylation sites (tertiary alicyclic amines) is 1. The number of carboxylic acid groups (broad SMARTS) is 1. The minimum atomic E-state index is -0.850. The lowest BCUT2D eigenvalue weighted by Crippen LogP contribution is -2.58. The molecule has 3 aromatic heterocycles. The standard InChI is InChI=1S/C24H29N7O3/c1-28-9-6-16(14-28)20-15-29(24(32)33)11-12-30(20)21-7-10-31-22(27-21)19(13-26-31)18-3-2-8-25-23(18)34-17-4-5-17/h2-3,7-8,10,13,16-17,20H,4-6,9,11-12,14-15H2,1H3,(H,32,33)/t16?,20-/m0/s1. The molecule has 0 bridgehead atoms. The number of fused-ring (bicyclic) bond motifs is 1. The highest BCUT2D eigenvalue weighted by Crippen LogP contribution is 2.35. The average Bonchev–Trinajstić information content (AvgIpc) is 3.40. The van der Waals surface area contributed by atoms with Gasteiger partial charge in [0.1, 0.15) is 11.9 Å². The second-order valence-electron chi connectivity index (χ2n) is 9.59. The number of aromatic nitrogens is 4. The summed E-state index contributed by atoms with van der Waals surface area (Å²) in [5, 5.41) is 14.1. The molecule has 178 valence electrons. The summed E-state index contributed by atoms with van der Waals surface area (Å²) in [6, 6.07) is 5.97. The molecule has 1 unspecified atom stereocenters. The summed E-state index contributed by atoms with van der Waals surface area (Å²) in [7, 11) is 2.13. The van der Waals surface area contributed by atoms with E-state index >= 15 is 0 Å². The molecule has 3 fully saturated rings. The van der Waals surface area contributed by atoms with Gasteiger partial charge in [0, 0.05) is 44.1 Å². The third-order valence-corrected chi connectivity index (χ3v) is 7.17. The molecule has 2 saturated heterocycles. The summed E-state index contributed by atoms with van der Waals surface area (Å²) < 4.78 is 7.83. The van der Waals surface area contributed by atoms with E-state index in [4.69, 9.17) is 9.72 Å². The summed E-state index contributed by atoms with van der Waals surface area (Å²) in [6.45, 7) is 3.58. The van der Waals surface area contributed by atoms with Gasteiger partial charge in [0.15, 0.2) is 5.65 Å². The van der Waals surface area contributed by atoms with Crippen molar-refractivity contribution in [3.8, 4) is 17.0 Å². The van der Waals surface area contributed by atoms with Crippen molar-refractivity contribution in [2.24, 2.45) is 5.92 Å². The molecule has 5 heterocycles. The van der Waals surface area contributed by atoms with Crippen LogP contribution in [0.1, 0.15) is 19.3 Å². The zero-order valence-electron chi connectivity index (χ0n) is 19.2. The second kappa shape index (κ2) is 8.43. The molecule has 1 saturated carbocycles. The Morgan fingerprint density at radius 3 is 2.76 bits per heavy atom. The fourth-order valence-corrected chi connectivity index (χ4v) is 5.20. The Hall–Kier alpha value is -3.40. The van der Waals surface area contributed by atoms with Crippen molar-refractivity contribution in [1.29, 1.82) is 0 Å². The number of pyridine rings is 1. The van der Waals surface area contributed by atoms with Crippen LogP contribution in [0.2, 0.25) is 0 Å². The first-order valence-corrected chi connectivity index (χ1v) is 12.0. The highest BCUT2D eigenvalue weighted by molar-refractivity contribution is 5.80. The van der Waals surface area contributed by atoms with Crippen LogP contribution < -0.4 is 9.64 Å². The summed E-state index contributed by atoms with van der Waals surface area (Å²) >= 11 is 0. The summed E-state index contributed by atoms with van der Waals surface area (Å²) in [6.07, 6.45) is 8.07. The Labute approximate surface area is 197 Å². The molecule has 1 N–H and O–H groups in total. The topological polar surface area (TPSA) is 99.3 Å². The van der Waals surface area contributed by atoms with Crippen molar-refractivity contribution < 1.29 is 14.6 Å². The van der Waals surface area contributed by atoms with Gasteiger partial charge in [-0.3, -0.25) is 0 Å². The number of rotatable bonds is 5. The van der Waals surface area contributed by atoms with Gasteiger partial charge in [0.05, 0.1) is 17.8 Å². The smallest absolute Gasteiger partial charge is 0.407 e. The Balaban J connectivity index is 1.36. The largest absolute Gasteiger partial charge is 0.474 e. The molecule has 34 heavy (non-hydrogen) atoms. The fraction of sp³-hybridized carbons (Fsp3) is 0.500. The van der Waals surface area contributed by atoms with Crippen LogP contribution in [0.5, 0.6) is 5.88 Å². The molecule has 6 rings (SSSR count). The van der Waals surface area contributed by atoms with Gasteiger partial charge in [-0.2, -0.15) is 5.10 Å². The molecule has 1 amide bonds. The molecule has 0 spiro atoms. The molecule has 2 atom stereocenters. The molecular weight excluding hydrogens is 434 g/mol. The van der Waals surface area contributed by atoms with Gasteiger partial charge in [-0.05, 0) is 57.0 Å². The van der Waals surface area contributed by atoms with Crippen LogP contribution >= 0.6 is 0 Å². The maximum Gasteiger partial charge on any atom is 0.407 e. The Bertz CT molecular complexity index is 1210. The van der Waals surface area contributed by atoms with Gasteiger partial charge in [-0.1, -0.05) is 0 Å². The molecule has 10 heteroatoms. The van der Waals surface area contributed by atoms with Gasteiger partial charge in [0.2, 0.25) is 5.88 Å². The number of nitrogens with zero attached hydrogens (tertiary/aromatic N) is 7. The zero-order chi connectivity index (χ0) is 23.2. The van der Waals surface area contributed by atoms with Gasteiger partial charge in [-0.25, -0.2) is 19.3 Å². The third-order valence-electron chi connectivity index (χ3n) is 7.17. The Morgan fingerprint density at radius 2 is 2.00 bits per heavy atom. The molecule has 3 aliphatic rings. The van der Waals surface area contributed by atoms with Gasteiger partial charge in [-0.15, -0.1) is 0 Å². The maximum absolute atomic E-state index is 11.7. The molecule has 0 radical (unpaired) electrons. The fourth-order valence-electron chi connectivity index (χ4n) is 5.20. The van der Waals surface area contributed by atoms with Crippen molar-refractivity contribution >= 4 is 17.6 Å². The monoisotopic (exact) mass is 463 g/mol. The number of ether oxygens (including phenoxy) is 1. The van der Waals surface area contributed by atoms with E-state index in [1.54, 1.807) is 15.6 Å². The zero-order valence-corrected chi connectivity index (χ0v) is 19.2. The molecule has 10 nitrogen and oxygen atoms in total. The first-order valence-electron chi connectivity index (χ1n) is 12.0. The molecular formula is C24H29N7O3. The van der Waals surface area contributed by atoms with Crippen molar-refractivity contribution in [3.63, 3.8) is 0 Å². The van der Waals surface area contributed by atoms with E-state index in [2.05, 4.69) is 26.9 Å². The number of anilines is 1. The van der Waals surface area contributed by atoms with E-state index in [-0.39, 0.29) is 12.1 Å². The lowest BCUT2D eigenvalue weighted by Gasteiger charge is -2.43. The van der Waals surface area contributed by atoms with Crippen LogP contribution in [0.15, 0.2) is 36.8 Å². The van der Waals surface area contributed by atoms with E-state index in [0.717, 1.165) is 54.9 Å². The SMILES string of the molecule is CN1CCC([C@@H]2CN(C(=O)O)CCN2c2ccn3ncc(-c4cccnc4OC4CC4)c3n2)C1. The van der Waals surface area contributed by atoms with Crippen molar-refractivity contribution in [2.75, 3.05) is 44.7 Å². The van der Waals surface area contributed by atoms with E-state index in [9.17, 15) is 9.90 Å². The van der Waals surface area contributed by atoms with Crippen molar-refractivity contribution in [2.45, 2.75) is 31.4 Å². The second-order valence-corrected chi connectivity index (χ2v) is 9.59. The highest BCUT2D eigenvalue weighted by atomic mass is 16.5. The van der Waals surface area contributed by atoms with Crippen LogP contribution in [0, 0.1) is 5.92 Å². The van der Waals surface area contributed by atoms with Crippen molar-refractivity contribution in [1.82, 2.24) is 29.4 Å². The minimum absolute atomic E-state index is 0.0864. The van der Waals surface area contributed by atoms with Crippen LogP contribution in [-0.4, -0.2) is 92.5 Å². The van der Waals surface area contributed by atoms with Gasteiger partial charge in [0.25, 0.3) is 0 Å². The minimum Gasteiger partial charge on any atom is -0.474 e. The Kier molecular flexibility index (Phi) is 5.24. The highest BCUT2D eigenvalue weighted by Gasteiger charge is 2.38. The normalized spacial score (nSPS) is 23.6. The maximum atomic E-state index is 11.7. The van der Waals surface area contributed by atoms with Gasteiger partial charge < -0.3 is 24.5 Å². The first kappa shape index (κ1) is 21.2. The summed E-state index contributed by atoms with van der Waals surface area (Å²) in [5.41, 5.74) is 2.51. The van der Waals surface area contributed by atoms with Crippen LogP contribution in [0.25, 0.3) is 16.8 Å². The number of hydrogen-bond acceptors (Lipinski definition) is 7. The Morgan fingerprint density at radius 1 is 1.12 bits per heavy atom. The van der Waals surface area contributed by atoms with E-state index in [1.807, 2.05) is 30.6 Å². The van der Waals surface area contributed by atoms with Crippen LogP contribution in [0.3, 0.4) is 0 Å². The van der Waals surface area contributed by atoms with E-state index in [0.29, 0.717) is 31.4 Å². The molecule has 0 aromatic carbocycles. The van der Waals surface area contributed by atoms with Crippen LogP contribution in [0.4, 0.5) is 10.6 Å².